The van der Waals surface area contributed by atoms with Crippen molar-refractivity contribution in [3.05, 3.63) is 99.3 Å². The summed E-state index contributed by atoms with van der Waals surface area (Å²) in [5.41, 5.74) is -2.97. The van der Waals surface area contributed by atoms with Crippen molar-refractivity contribution in [3.8, 4) is 5.75 Å². The number of ether oxygens (including phenoxy) is 1. The van der Waals surface area contributed by atoms with Crippen molar-refractivity contribution in [1.82, 2.24) is 25.2 Å². The van der Waals surface area contributed by atoms with Gasteiger partial charge in [0.1, 0.15) is 22.5 Å². The Kier molecular flexibility index (Phi) is 8.25. The summed E-state index contributed by atoms with van der Waals surface area (Å²) in [6.07, 6.45) is -0.949. The van der Waals surface area contributed by atoms with Crippen molar-refractivity contribution >= 4 is 58.5 Å². The van der Waals surface area contributed by atoms with Gasteiger partial charge in [-0.2, -0.15) is 0 Å². The molecule has 2 fully saturated rings. The Morgan fingerprint density at radius 2 is 1.62 bits per heavy atom. The number of carboxylic acid groups (broad SMARTS) is 1. The highest BCUT2D eigenvalue weighted by molar-refractivity contribution is 6.35. The van der Waals surface area contributed by atoms with Gasteiger partial charge in [0.15, 0.2) is 5.82 Å². The minimum absolute atomic E-state index is 0.00713. The quantitative estimate of drug-likeness (QED) is 0.131. The zero-order valence-electron chi connectivity index (χ0n) is 26.9. The molecule has 52 heavy (non-hydrogen) atoms. The minimum Gasteiger partial charge on any atom is -0.478 e. The third-order valence-corrected chi connectivity index (χ3v) is 9.96. The van der Waals surface area contributed by atoms with Gasteiger partial charge in [-0.25, -0.2) is 19.1 Å². The molecule has 0 unspecified atom stereocenters. The molecule has 7 rings (SSSR count). The number of carbonyl (C=O) groups is 4. The Labute approximate surface area is 301 Å². The van der Waals surface area contributed by atoms with Gasteiger partial charge in [0, 0.05) is 12.6 Å². The Hall–Kier alpha value is -5.22. The topological polar surface area (TPSA) is 156 Å². The third kappa shape index (κ3) is 6.19. The molecule has 3 N–H and O–H groups in total. The van der Waals surface area contributed by atoms with E-state index in [1.165, 1.54) is 48.1 Å². The number of carbonyl (C=O) groups excluding carboxylic acids is 3. The summed E-state index contributed by atoms with van der Waals surface area (Å²) in [6, 6.07) is 10.1. The number of halogens is 6. The summed E-state index contributed by atoms with van der Waals surface area (Å²) >= 11 is 12.1. The molecular weight excluding hydrogens is 735 g/mol. The monoisotopic (exact) mass is 760 g/mol. The predicted octanol–water partition coefficient (Wildman–Crippen LogP) is 6.02. The van der Waals surface area contributed by atoms with Crippen LogP contribution in [0.2, 0.25) is 10.0 Å². The molecule has 1 atom stereocenters. The Balaban J connectivity index is 1.19. The Morgan fingerprint density at radius 1 is 0.962 bits per heavy atom. The first-order valence-electron chi connectivity index (χ1n) is 15.7. The average Bonchev–Trinajstić information content (AvgIpc) is 3.99. The van der Waals surface area contributed by atoms with E-state index in [1.54, 1.807) is 0 Å². The summed E-state index contributed by atoms with van der Waals surface area (Å²) in [4.78, 5) is 63.0. The zero-order chi connectivity index (χ0) is 37.4. The van der Waals surface area contributed by atoms with Gasteiger partial charge in [-0.15, -0.1) is 13.2 Å². The fourth-order valence-corrected chi connectivity index (χ4v) is 6.84. The molecule has 0 saturated heterocycles. The molecule has 0 bridgehead atoms. The van der Waals surface area contributed by atoms with E-state index < -0.39 is 58.2 Å². The van der Waals surface area contributed by atoms with Gasteiger partial charge in [0.25, 0.3) is 11.8 Å². The second-order valence-electron chi connectivity index (χ2n) is 13.1. The molecule has 0 radical (unpaired) electrons. The van der Waals surface area contributed by atoms with Crippen LogP contribution >= 0.6 is 23.2 Å². The van der Waals surface area contributed by atoms with Crippen LogP contribution in [0.3, 0.4) is 0 Å². The van der Waals surface area contributed by atoms with Crippen LogP contribution in [0.5, 0.6) is 5.75 Å². The van der Waals surface area contributed by atoms with Crippen molar-refractivity contribution < 1.29 is 46.6 Å². The number of alkyl halides is 3. The lowest BCUT2D eigenvalue weighted by molar-refractivity contribution is -0.274. The van der Waals surface area contributed by atoms with Crippen LogP contribution < -0.4 is 20.3 Å². The number of anilines is 2. The number of nitrogens with zero attached hydrogens (tertiary/aromatic N) is 4. The lowest BCUT2D eigenvalue weighted by atomic mass is 9.91. The van der Waals surface area contributed by atoms with Crippen LogP contribution in [-0.4, -0.2) is 55.2 Å². The van der Waals surface area contributed by atoms with E-state index in [4.69, 9.17) is 23.2 Å². The average molecular weight is 762 g/mol. The van der Waals surface area contributed by atoms with E-state index in [-0.39, 0.29) is 39.4 Å². The lowest BCUT2D eigenvalue weighted by Gasteiger charge is -2.27. The molecule has 2 aromatic heterocycles. The fourth-order valence-electron chi connectivity index (χ4n) is 6.36. The molecule has 12 nitrogen and oxygen atoms in total. The second kappa shape index (κ2) is 12.2. The Bertz CT molecular complexity index is 2130. The van der Waals surface area contributed by atoms with Gasteiger partial charge in [-0.1, -0.05) is 35.3 Å². The van der Waals surface area contributed by atoms with Crippen LogP contribution in [0.15, 0.2) is 60.9 Å². The van der Waals surface area contributed by atoms with Crippen molar-refractivity contribution in [2.75, 3.05) is 4.90 Å². The number of nitrogens with one attached hydrogen (secondary N) is 2. The van der Waals surface area contributed by atoms with Crippen molar-refractivity contribution in [1.29, 1.82) is 0 Å². The molecule has 3 heterocycles. The van der Waals surface area contributed by atoms with E-state index in [1.807, 2.05) is 0 Å². The standard InChI is InChI=1S/C34H26Cl2F4N6O6/c1-31(14-17-2-5-20(6-3-17)52-34(38,39)40)29(51)45(19-12-21(35)25(37)22(36)13-19)30-42-16-23(46(30)31)26(47)43-33(10-11-33)28(50)44-32(8-9-32)24-7-4-18(15-41-24)27(48)49/h2-7,12-13,15-16H,8-11,14H2,1H3,(H,43,47)(H,44,50)(H,48,49)/t31-/m1/s1. The first-order chi connectivity index (χ1) is 24.5. The number of pyridine rings is 1. The maximum atomic E-state index is 14.4. The van der Waals surface area contributed by atoms with Crippen molar-refractivity contribution in [2.45, 2.75) is 62.0 Å². The van der Waals surface area contributed by atoms with Crippen LogP contribution in [0.4, 0.5) is 29.2 Å². The van der Waals surface area contributed by atoms with Crippen LogP contribution in [0.1, 0.15) is 64.7 Å². The molecule has 270 valence electrons. The highest BCUT2D eigenvalue weighted by Gasteiger charge is 2.57. The maximum absolute atomic E-state index is 14.4. The molecule has 18 heteroatoms. The summed E-state index contributed by atoms with van der Waals surface area (Å²) < 4.78 is 58.0. The van der Waals surface area contributed by atoms with Crippen molar-refractivity contribution in [3.63, 3.8) is 0 Å². The second-order valence-corrected chi connectivity index (χ2v) is 13.9. The normalized spacial score (nSPS) is 19.5. The highest BCUT2D eigenvalue weighted by atomic mass is 35.5. The van der Waals surface area contributed by atoms with Crippen molar-refractivity contribution in [2.24, 2.45) is 0 Å². The van der Waals surface area contributed by atoms with Gasteiger partial charge in [-0.05, 0) is 74.6 Å². The first-order valence-corrected chi connectivity index (χ1v) is 16.5. The SMILES string of the molecule is C[C@@]1(Cc2ccc(OC(F)(F)F)cc2)C(=O)N(c2cc(Cl)c(F)c(Cl)c2)c2ncc(C(=O)NC3(C(=O)NC4(c5ccc(C(=O)O)cn5)CC4)CC3)n21. The van der Waals surface area contributed by atoms with E-state index in [0.29, 0.717) is 36.9 Å². The zero-order valence-corrected chi connectivity index (χ0v) is 28.4. The number of benzene rings is 2. The molecule has 2 aromatic carbocycles. The maximum Gasteiger partial charge on any atom is 0.573 e. The molecule has 3 aliphatic rings. The third-order valence-electron chi connectivity index (χ3n) is 9.41. The number of aromatic nitrogens is 3. The molecular formula is C34H26Cl2F4N6O6. The number of aromatic carboxylic acids is 1. The number of amides is 3. The van der Waals surface area contributed by atoms with Gasteiger partial charge >= 0.3 is 12.3 Å². The number of carboxylic acids is 1. The Morgan fingerprint density at radius 3 is 2.15 bits per heavy atom. The van der Waals surface area contributed by atoms with E-state index in [0.717, 1.165) is 29.2 Å². The van der Waals surface area contributed by atoms with Gasteiger partial charge in [-0.3, -0.25) is 23.9 Å². The highest BCUT2D eigenvalue weighted by Crippen LogP contribution is 2.48. The summed E-state index contributed by atoms with van der Waals surface area (Å²) in [5.74, 6) is -4.45. The molecule has 0 spiro atoms. The van der Waals surface area contributed by atoms with Gasteiger partial charge in [0.2, 0.25) is 11.9 Å². The summed E-state index contributed by atoms with van der Waals surface area (Å²) in [6.45, 7) is 1.50. The lowest BCUT2D eigenvalue weighted by Crippen LogP contribution is -2.52. The first kappa shape index (κ1) is 35.2. The predicted molar refractivity (Wildman–Crippen MR) is 176 cm³/mol. The number of hydrogen-bond acceptors (Lipinski definition) is 7. The molecule has 4 aromatic rings. The smallest absolute Gasteiger partial charge is 0.478 e. The number of rotatable bonds is 10. The number of imidazole rings is 1. The van der Waals surface area contributed by atoms with E-state index >= 15 is 0 Å². The largest absolute Gasteiger partial charge is 0.573 e. The van der Waals surface area contributed by atoms with Gasteiger partial charge in [0.05, 0.1) is 38.7 Å². The van der Waals surface area contributed by atoms with Crippen LogP contribution in [0.25, 0.3) is 0 Å². The summed E-state index contributed by atoms with van der Waals surface area (Å²) in [5, 5.41) is 14.2. The molecule has 2 aliphatic carbocycles. The number of hydrogen-bond donors (Lipinski definition) is 3. The minimum atomic E-state index is -4.92. The van der Waals surface area contributed by atoms with E-state index in [9.17, 15) is 41.8 Å². The number of fused-ring (bicyclic) bond motifs is 1. The molecule has 1 aliphatic heterocycles. The summed E-state index contributed by atoms with van der Waals surface area (Å²) in [7, 11) is 0. The molecule has 2 saturated carbocycles. The van der Waals surface area contributed by atoms with E-state index in [2.05, 4.69) is 25.3 Å². The molecule has 3 amide bonds. The fraction of sp³-hybridized carbons (Fsp3) is 0.294. The van der Waals surface area contributed by atoms with Gasteiger partial charge < -0.3 is 20.5 Å². The van der Waals surface area contributed by atoms with Crippen LogP contribution in [0, 0.1) is 5.82 Å². The van der Waals surface area contributed by atoms with Crippen LogP contribution in [-0.2, 0) is 27.1 Å².